The number of carbonyl (C=O) groups excluding carboxylic acids is 1. The van der Waals surface area contributed by atoms with Crippen molar-refractivity contribution in [2.45, 2.75) is 6.92 Å². The summed E-state index contributed by atoms with van der Waals surface area (Å²) >= 11 is 0. The van der Waals surface area contributed by atoms with E-state index < -0.39 is 0 Å². The van der Waals surface area contributed by atoms with Gasteiger partial charge < -0.3 is 21.1 Å². The third-order valence-corrected chi connectivity index (χ3v) is 4.67. The fraction of sp³-hybridized carbons (Fsp3) is 0.333. The Hall–Kier alpha value is -3.50. The minimum absolute atomic E-state index is 0.115. The van der Waals surface area contributed by atoms with Crippen LogP contribution in [0.2, 0.25) is 0 Å². The van der Waals surface area contributed by atoms with Crippen molar-refractivity contribution in [2.75, 3.05) is 50.9 Å². The number of benzene rings is 1. The van der Waals surface area contributed by atoms with E-state index in [0.717, 1.165) is 25.3 Å². The molecule has 10 heteroatoms. The maximum Gasteiger partial charge on any atom is 0.251 e. The molecule has 0 atom stereocenters. The molecule has 3 rings (SSSR count). The lowest BCUT2D eigenvalue weighted by Gasteiger charge is -2.19. The number of hydrogen-bond donors (Lipinski definition) is 3. The normalized spacial score (nSPS) is 10.9. The maximum atomic E-state index is 12.4. The maximum absolute atomic E-state index is 12.4. The minimum atomic E-state index is -0.115. The Kier molecular flexibility index (Phi) is 7.91. The number of likely N-dealkylation sites (N-methyl/N-ethyl adjacent to an activating group) is 1. The number of methoxy groups -OCH3 is 1. The van der Waals surface area contributed by atoms with Crippen LogP contribution in [-0.2, 0) is 4.74 Å². The second-order valence-electron chi connectivity index (χ2n) is 6.78. The topological polar surface area (TPSA) is 123 Å². The van der Waals surface area contributed by atoms with Crippen LogP contribution in [-0.4, -0.2) is 70.5 Å². The fourth-order valence-corrected chi connectivity index (χ4v) is 2.94. The Balaban J connectivity index is 1.54. The van der Waals surface area contributed by atoms with Crippen molar-refractivity contribution in [1.82, 2.24) is 30.0 Å². The quantitative estimate of drug-likeness (QED) is 0.425. The van der Waals surface area contributed by atoms with Crippen molar-refractivity contribution in [1.29, 1.82) is 0 Å². The molecule has 0 bridgehead atoms. The van der Waals surface area contributed by atoms with E-state index in [0.29, 0.717) is 30.5 Å². The molecule has 0 unspecified atom stereocenters. The lowest BCUT2D eigenvalue weighted by molar-refractivity contribution is 0.0945. The number of hydrogen-bond acceptors (Lipinski definition) is 8. The predicted octanol–water partition coefficient (Wildman–Crippen LogP) is 1.69. The first kappa shape index (κ1) is 22.2. The zero-order chi connectivity index (χ0) is 22.1. The van der Waals surface area contributed by atoms with Crippen molar-refractivity contribution in [3.8, 4) is 5.82 Å². The summed E-state index contributed by atoms with van der Waals surface area (Å²) in [7, 11) is 1.69. The first-order valence-electron chi connectivity index (χ1n) is 10.1. The van der Waals surface area contributed by atoms with Crippen LogP contribution < -0.4 is 16.4 Å². The fourth-order valence-electron chi connectivity index (χ4n) is 2.94. The number of carbonyl (C=O) groups is 1. The number of nitrogens with one attached hydrogen (secondary N) is 2. The van der Waals surface area contributed by atoms with Gasteiger partial charge in [0.2, 0.25) is 11.9 Å². The van der Waals surface area contributed by atoms with Gasteiger partial charge in [0.05, 0.1) is 6.61 Å². The first-order valence-corrected chi connectivity index (χ1v) is 10.1. The van der Waals surface area contributed by atoms with Crippen molar-refractivity contribution in [2.24, 2.45) is 0 Å². The summed E-state index contributed by atoms with van der Waals surface area (Å²) in [6, 6.07) is 12.5. The summed E-state index contributed by atoms with van der Waals surface area (Å²) < 4.78 is 6.55. The van der Waals surface area contributed by atoms with Crippen LogP contribution in [0.25, 0.3) is 5.82 Å². The number of rotatable bonds is 11. The van der Waals surface area contributed by atoms with Crippen LogP contribution in [0.5, 0.6) is 0 Å². The number of anilines is 3. The van der Waals surface area contributed by atoms with Gasteiger partial charge in [0.1, 0.15) is 0 Å². The average Bonchev–Trinajstić information content (AvgIpc) is 3.17. The molecule has 0 aliphatic heterocycles. The number of pyridine rings is 1. The minimum Gasteiger partial charge on any atom is -0.383 e. The second kappa shape index (κ2) is 11.0. The number of amides is 1. The molecule has 4 N–H and O–H groups in total. The van der Waals surface area contributed by atoms with Crippen molar-refractivity contribution in [3.63, 3.8) is 0 Å². The number of nitrogen functional groups attached to an aromatic ring is 1. The molecule has 1 aromatic carbocycles. The molecule has 0 saturated carbocycles. The van der Waals surface area contributed by atoms with Gasteiger partial charge in [0, 0.05) is 44.2 Å². The monoisotopic (exact) mass is 424 g/mol. The molecule has 31 heavy (non-hydrogen) atoms. The van der Waals surface area contributed by atoms with Crippen LogP contribution in [0, 0.1) is 0 Å². The molecule has 2 heterocycles. The summed E-state index contributed by atoms with van der Waals surface area (Å²) in [4.78, 5) is 23.0. The van der Waals surface area contributed by atoms with E-state index in [9.17, 15) is 4.79 Å². The van der Waals surface area contributed by atoms with Crippen LogP contribution in [0.4, 0.5) is 17.6 Å². The highest BCUT2D eigenvalue weighted by atomic mass is 16.5. The summed E-state index contributed by atoms with van der Waals surface area (Å²) in [6.07, 6.45) is 1.66. The Morgan fingerprint density at radius 3 is 2.68 bits per heavy atom. The molecule has 0 saturated heterocycles. The van der Waals surface area contributed by atoms with Gasteiger partial charge in [-0.1, -0.05) is 13.0 Å². The molecule has 3 aromatic rings. The Morgan fingerprint density at radius 1 is 1.19 bits per heavy atom. The van der Waals surface area contributed by atoms with Crippen molar-refractivity contribution < 1.29 is 9.53 Å². The van der Waals surface area contributed by atoms with E-state index >= 15 is 0 Å². The molecule has 0 aliphatic carbocycles. The van der Waals surface area contributed by atoms with Gasteiger partial charge in [-0.05, 0) is 42.9 Å². The van der Waals surface area contributed by atoms with E-state index in [-0.39, 0.29) is 11.9 Å². The summed E-state index contributed by atoms with van der Waals surface area (Å²) in [5, 5.41) is 10.4. The average molecular weight is 425 g/mol. The van der Waals surface area contributed by atoms with Gasteiger partial charge in [0.15, 0.2) is 5.82 Å². The summed E-state index contributed by atoms with van der Waals surface area (Å²) in [5.41, 5.74) is 7.26. The van der Waals surface area contributed by atoms with Crippen LogP contribution in [0.3, 0.4) is 0 Å². The largest absolute Gasteiger partial charge is 0.383 e. The third-order valence-electron chi connectivity index (χ3n) is 4.67. The zero-order valence-electron chi connectivity index (χ0n) is 17.8. The molecule has 0 aliphatic rings. The number of ether oxygens (including phenoxy) is 1. The Morgan fingerprint density at radius 2 is 2.00 bits per heavy atom. The zero-order valence-corrected chi connectivity index (χ0v) is 17.8. The summed E-state index contributed by atoms with van der Waals surface area (Å²) in [5.74, 6) is 1.03. The highest BCUT2D eigenvalue weighted by molar-refractivity contribution is 5.94. The highest BCUT2D eigenvalue weighted by Gasteiger charge is 2.11. The highest BCUT2D eigenvalue weighted by Crippen LogP contribution is 2.17. The summed E-state index contributed by atoms with van der Waals surface area (Å²) in [6.45, 7) is 5.87. The van der Waals surface area contributed by atoms with Gasteiger partial charge in [0.25, 0.3) is 5.91 Å². The van der Waals surface area contributed by atoms with Gasteiger partial charge in [-0.25, -0.2) is 4.98 Å². The number of aromatic nitrogens is 4. The Bertz CT molecular complexity index is 959. The molecule has 2 aromatic heterocycles. The van der Waals surface area contributed by atoms with Crippen molar-refractivity contribution >= 4 is 23.5 Å². The standard InChI is InChI=1S/C21H28N8O2/c1-3-28(14-15-31-2)13-12-24-19(30)16-7-9-17(10-8-16)25-21-26-20(22)29(27-21)18-6-4-5-11-23-18/h4-11H,3,12-15H2,1-2H3,(H,24,30)(H3,22,25,26,27). The molecule has 10 nitrogen and oxygen atoms in total. The molecule has 1 amide bonds. The molecule has 0 radical (unpaired) electrons. The second-order valence-corrected chi connectivity index (χ2v) is 6.78. The Labute approximate surface area is 181 Å². The number of nitrogens with two attached hydrogens (primary N) is 1. The van der Waals surface area contributed by atoms with E-state index in [1.54, 1.807) is 43.6 Å². The SMILES string of the molecule is CCN(CCNC(=O)c1ccc(Nc2nc(N)n(-c3ccccn3)n2)cc1)CCOC. The predicted molar refractivity (Wildman–Crippen MR) is 120 cm³/mol. The molecular weight excluding hydrogens is 396 g/mol. The molecule has 0 fully saturated rings. The lowest BCUT2D eigenvalue weighted by atomic mass is 10.2. The van der Waals surface area contributed by atoms with E-state index in [1.165, 1.54) is 4.68 Å². The van der Waals surface area contributed by atoms with E-state index in [1.807, 2.05) is 12.1 Å². The smallest absolute Gasteiger partial charge is 0.251 e. The lowest BCUT2D eigenvalue weighted by Crippen LogP contribution is -2.36. The van der Waals surface area contributed by atoms with Crippen LogP contribution in [0.1, 0.15) is 17.3 Å². The molecule has 164 valence electrons. The van der Waals surface area contributed by atoms with Gasteiger partial charge >= 0.3 is 0 Å². The van der Waals surface area contributed by atoms with E-state index in [2.05, 4.69) is 37.5 Å². The molecule has 0 spiro atoms. The van der Waals surface area contributed by atoms with Gasteiger partial charge in [-0.15, -0.1) is 5.10 Å². The first-order chi connectivity index (χ1) is 15.1. The van der Waals surface area contributed by atoms with E-state index in [4.69, 9.17) is 10.5 Å². The third kappa shape index (κ3) is 6.24. The van der Waals surface area contributed by atoms with Crippen LogP contribution >= 0.6 is 0 Å². The van der Waals surface area contributed by atoms with Gasteiger partial charge in [-0.3, -0.25) is 9.69 Å². The van der Waals surface area contributed by atoms with Gasteiger partial charge in [-0.2, -0.15) is 9.67 Å². The number of nitrogens with zero attached hydrogens (tertiary/aromatic N) is 5. The molecular formula is C21H28N8O2. The van der Waals surface area contributed by atoms with Crippen molar-refractivity contribution in [3.05, 3.63) is 54.2 Å². The van der Waals surface area contributed by atoms with Crippen LogP contribution in [0.15, 0.2) is 48.7 Å².